The topological polar surface area (TPSA) is 3.88 Å². The van der Waals surface area contributed by atoms with Gasteiger partial charge in [-0.25, -0.2) is 0 Å². The quantitative estimate of drug-likeness (QED) is 0.539. The second-order valence-corrected chi connectivity index (χ2v) is 8.32. The van der Waals surface area contributed by atoms with Crippen LogP contribution in [0.4, 0.5) is 0 Å². The Morgan fingerprint density at radius 3 is 2.72 bits per heavy atom. The molecule has 1 aliphatic heterocycles. The molecule has 1 fully saturated rings. The summed E-state index contributed by atoms with van der Waals surface area (Å²) in [5, 5.41) is 0. The lowest BCUT2D eigenvalue weighted by Crippen LogP contribution is -2.60. The normalized spacial score (nSPS) is 32.1. The Morgan fingerprint density at radius 1 is 0.840 bits per heavy atom. The molecule has 1 aromatic heterocycles. The number of rotatable bonds is 0. The zero-order valence-electron chi connectivity index (χ0n) is 14.2. The van der Waals surface area contributed by atoms with Crippen LogP contribution in [0.1, 0.15) is 41.1 Å². The van der Waals surface area contributed by atoms with Crippen LogP contribution in [0.25, 0.3) is 11.1 Å². The predicted molar refractivity (Wildman–Crippen MR) is 97.4 cm³/mol. The van der Waals surface area contributed by atoms with Crippen LogP contribution in [0, 0.1) is 11.8 Å². The van der Waals surface area contributed by atoms with Crippen molar-refractivity contribution >= 4 is 0 Å². The molecule has 2 heterocycles. The van der Waals surface area contributed by atoms with Gasteiger partial charge in [0.15, 0.2) is 11.9 Å². The number of hydrogen-bond acceptors (Lipinski definition) is 0. The molecule has 0 bridgehead atoms. The van der Waals surface area contributed by atoms with Gasteiger partial charge in [-0.2, -0.15) is 4.57 Å². The van der Waals surface area contributed by atoms with Crippen molar-refractivity contribution in [3.8, 4) is 11.1 Å². The van der Waals surface area contributed by atoms with Crippen LogP contribution >= 0.6 is 0 Å². The van der Waals surface area contributed by atoms with Crippen molar-refractivity contribution in [3.63, 3.8) is 0 Å². The smallest absolute Gasteiger partial charge is 0.188 e. The summed E-state index contributed by atoms with van der Waals surface area (Å²) in [6.45, 7) is 0. The number of fused-ring (bicyclic) bond motifs is 4. The highest BCUT2D eigenvalue weighted by Crippen LogP contribution is 2.66. The summed E-state index contributed by atoms with van der Waals surface area (Å²) in [6, 6.07) is 23.1. The molecule has 3 aliphatic carbocycles. The number of aromatic nitrogens is 1. The molecular weight excluding hydrogens is 302 g/mol. The highest BCUT2D eigenvalue weighted by atomic mass is 15.1. The Kier molecular flexibility index (Phi) is 2.08. The molecule has 7 rings (SSSR count). The molecule has 4 unspecified atom stereocenters. The van der Waals surface area contributed by atoms with Crippen molar-refractivity contribution in [1.29, 1.82) is 0 Å². The van der Waals surface area contributed by atoms with Gasteiger partial charge >= 0.3 is 0 Å². The average molecular weight is 322 g/mol. The Balaban J connectivity index is 1.73. The van der Waals surface area contributed by atoms with Crippen molar-refractivity contribution in [1.82, 2.24) is 0 Å². The van der Waals surface area contributed by atoms with Crippen molar-refractivity contribution in [3.05, 3.63) is 89.2 Å². The van der Waals surface area contributed by atoms with Gasteiger partial charge in [-0.1, -0.05) is 48.5 Å². The Bertz CT molecular complexity index is 1070. The molecule has 0 amide bonds. The lowest BCUT2D eigenvalue weighted by atomic mass is 9.64. The molecule has 0 N–H and O–H groups in total. The average Bonchev–Trinajstić information content (AvgIpc) is 3.31. The second-order valence-electron chi connectivity index (χ2n) is 8.32. The summed E-state index contributed by atoms with van der Waals surface area (Å²) in [5.41, 5.74) is 9.34. The first kappa shape index (κ1) is 12.9. The molecule has 1 spiro atoms. The maximum atomic E-state index is 2.67. The van der Waals surface area contributed by atoms with Crippen LogP contribution in [-0.4, -0.2) is 0 Å². The molecule has 1 heteroatoms. The number of nitrogens with zero attached hydrogens (tertiary/aromatic N) is 1. The van der Waals surface area contributed by atoms with Gasteiger partial charge in [-0.05, 0) is 41.9 Å². The zero-order valence-corrected chi connectivity index (χ0v) is 14.2. The van der Waals surface area contributed by atoms with E-state index in [4.69, 9.17) is 0 Å². The summed E-state index contributed by atoms with van der Waals surface area (Å²) in [5.74, 6) is 2.27. The van der Waals surface area contributed by atoms with Crippen LogP contribution in [-0.2, 0) is 12.0 Å². The highest BCUT2D eigenvalue weighted by molar-refractivity contribution is 5.82. The van der Waals surface area contributed by atoms with Crippen LogP contribution in [0.5, 0.6) is 0 Å². The fourth-order valence-electron chi connectivity index (χ4n) is 7.02. The second kappa shape index (κ2) is 4.04. The molecule has 3 aromatic rings. The number of benzene rings is 2. The first-order chi connectivity index (χ1) is 12.4. The van der Waals surface area contributed by atoms with E-state index in [9.17, 15) is 0 Å². The maximum Gasteiger partial charge on any atom is 0.224 e. The number of hydrogen-bond donors (Lipinski definition) is 0. The lowest BCUT2D eigenvalue weighted by Gasteiger charge is -2.37. The molecular formula is C24H20N+. The fourth-order valence-corrected chi connectivity index (χ4v) is 7.02. The first-order valence-corrected chi connectivity index (χ1v) is 9.64. The molecule has 25 heavy (non-hydrogen) atoms. The molecule has 4 aliphatic rings. The van der Waals surface area contributed by atoms with E-state index in [0.29, 0.717) is 0 Å². The molecule has 120 valence electrons. The zero-order chi connectivity index (χ0) is 16.2. The Hall–Kier alpha value is -2.41. The molecule has 0 saturated heterocycles. The van der Waals surface area contributed by atoms with Gasteiger partial charge in [0, 0.05) is 29.2 Å². The minimum absolute atomic E-state index is 0.0448. The van der Waals surface area contributed by atoms with E-state index in [2.05, 4.69) is 71.4 Å². The summed E-state index contributed by atoms with van der Waals surface area (Å²) in [7, 11) is 0. The third kappa shape index (κ3) is 1.21. The minimum Gasteiger partial charge on any atom is -0.188 e. The van der Waals surface area contributed by atoms with Gasteiger partial charge < -0.3 is 0 Å². The predicted octanol–water partition coefficient (Wildman–Crippen LogP) is 4.43. The SMILES string of the molecule is c1ccc2c(c1)-c1cccc3c1C21C2C(CCC2c2cccc[n+]21)C3. The molecule has 0 radical (unpaired) electrons. The third-order valence-corrected chi connectivity index (χ3v) is 7.57. The van der Waals surface area contributed by atoms with Gasteiger partial charge in [-0.15, -0.1) is 0 Å². The van der Waals surface area contributed by atoms with Crippen LogP contribution in [0.3, 0.4) is 0 Å². The van der Waals surface area contributed by atoms with E-state index < -0.39 is 0 Å². The molecule has 2 aromatic carbocycles. The van der Waals surface area contributed by atoms with Crippen molar-refractivity contribution in [2.45, 2.75) is 30.7 Å². The maximum absolute atomic E-state index is 2.67. The molecule has 1 nitrogen and oxygen atoms in total. The fraction of sp³-hybridized carbons (Fsp3) is 0.292. The minimum atomic E-state index is 0.0448. The van der Waals surface area contributed by atoms with Crippen LogP contribution < -0.4 is 4.57 Å². The molecule has 1 saturated carbocycles. The lowest BCUT2D eigenvalue weighted by molar-refractivity contribution is -0.743. The summed E-state index contributed by atoms with van der Waals surface area (Å²) < 4.78 is 2.67. The van der Waals surface area contributed by atoms with Gasteiger partial charge in [0.1, 0.15) is 0 Å². The summed E-state index contributed by atoms with van der Waals surface area (Å²) in [6.07, 6.45) is 6.37. The van der Waals surface area contributed by atoms with Gasteiger partial charge in [0.25, 0.3) is 0 Å². The van der Waals surface area contributed by atoms with Crippen LogP contribution in [0.15, 0.2) is 66.9 Å². The van der Waals surface area contributed by atoms with E-state index in [0.717, 1.165) is 17.8 Å². The van der Waals surface area contributed by atoms with E-state index in [1.165, 1.54) is 30.4 Å². The summed E-state index contributed by atoms with van der Waals surface area (Å²) >= 11 is 0. The summed E-state index contributed by atoms with van der Waals surface area (Å²) in [4.78, 5) is 0. The molecule has 4 atom stereocenters. The van der Waals surface area contributed by atoms with E-state index in [1.54, 1.807) is 22.4 Å². The van der Waals surface area contributed by atoms with Gasteiger partial charge in [0.2, 0.25) is 5.54 Å². The van der Waals surface area contributed by atoms with E-state index in [-0.39, 0.29) is 5.54 Å². The van der Waals surface area contributed by atoms with E-state index in [1.807, 2.05) is 0 Å². The third-order valence-electron chi connectivity index (χ3n) is 7.57. The standard InChI is InChI=1S/C24H20N/c1-2-9-20-17(7-1)18-8-5-6-15-14-16-11-12-19-21-10-3-4-13-25(21)24(20,22(15)18)23(16)19/h1-10,13,16,19,23H,11-12,14H2/q+1. The monoisotopic (exact) mass is 322 g/mol. The van der Waals surface area contributed by atoms with E-state index >= 15 is 0 Å². The van der Waals surface area contributed by atoms with Crippen molar-refractivity contribution < 1.29 is 4.57 Å². The van der Waals surface area contributed by atoms with Gasteiger partial charge in [-0.3, -0.25) is 0 Å². The van der Waals surface area contributed by atoms with Crippen LogP contribution in [0.2, 0.25) is 0 Å². The highest BCUT2D eigenvalue weighted by Gasteiger charge is 2.70. The Morgan fingerprint density at radius 2 is 1.72 bits per heavy atom. The van der Waals surface area contributed by atoms with Crippen molar-refractivity contribution in [2.75, 3.05) is 0 Å². The number of pyridine rings is 1. The van der Waals surface area contributed by atoms with Crippen molar-refractivity contribution in [2.24, 2.45) is 11.8 Å². The van der Waals surface area contributed by atoms with Gasteiger partial charge in [0.05, 0.1) is 5.92 Å². The largest absolute Gasteiger partial charge is 0.224 e. The Labute approximate surface area is 148 Å². The first-order valence-electron chi connectivity index (χ1n) is 9.64.